The number of aromatic hydroxyl groups is 2. The molecule has 0 atom stereocenters. The van der Waals surface area contributed by atoms with E-state index in [2.05, 4.69) is 0 Å². The maximum atomic E-state index is 11.9. The molecule has 0 saturated carbocycles. The van der Waals surface area contributed by atoms with Gasteiger partial charge in [-0.05, 0) is 43.0 Å². The molecule has 0 aromatic heterocycles. The Balaban J connectivity index is 2.64. The highest BCUT2D eigenvalue weighted by atomic mass is 16.5. The fraction of sp³-hybridized carbons (Fsp3) is 0.217. The molecule has 30 heavy (non-hydrogen) atoms. The van der Waals surface area contributed by atoms with Gasteiger partial charge in [0, 0.05) is 29.8 Å². The van der Waals surface area contributed by atoms with Gasteiger partial charge in [0.05, 0.1) is 19.3 Å². The van der Waals surface area contributed by atoms with Gasteiger partial charge in [0.15, 0.2) is 6.29 Å². The molecule has 3 N–H and O–H groups in total. The van der Waals surface area contributed by atoms with Gasteiger partial charge in [0.25, 0.3) is 0 Å². The van der Waals surface area contributed by atoms with E-state index in [0.29, 0.717) is 41.6 Å². The van der Waals surface area contributed by atoms with Crippen LogP contribution in [-0.2, 0) is 16.1 Å². The molecule has 158 valence electrons. The number of rotatable bonds is 10. The molecular formula is C23H25NO6. The topological polar surface area (TPSA) is 107 Å². The summed E-state index contributed by atoms with van der Waals surface area (Å²) in [5, 5.41) is 29.5. The van der Waals surface area contributed by atoms with Crippen molar-refractivity contribution >= 4 is 24.2 Å². The summed E-state index contributed by atoms with van der Waals surface area (Å²) in [6.07, 6.45) is 3.85. The second-order valence-corrected chi connectivity index (χ2v) is 6.60. The van der Waals surface area contributed by atoms with Crippen LogP contribution in [0.25, 0.3) is 11.6 Å². The highest BCUT2D eigenvalue weighted by molar-refractivity contribution is 6.07. The fourth-order valence-electron chi connectivity index (χ4n) is 3.10. The van der Waals surface area contributed by atoms with Crippen molar-refractivity contribution in [3.05, 3.63) is 64.7 Å². The van der Waals surface area contributed by atoms with E-state index in [1.54, 1.807) is 36.2 Å². The van der Waals surface area contributed by atoms with Crippen LogP contribution in [0.2, 0.25) is 0 Å². The van der Waals surface area contributed by atoms with E-state index in [-0.39, 0.29) is 35.8 Å². The summed E-state index contributed by atoms with van der Waals surface area (Å²) in [6, 6.07) is 9.53. The summed E-state index contributed by atoms with van der Waals surface area (Å²) in [4.78, 5) is 25.0. The summed E-state index contributed by atoms with van der Waals surface area (Å²) >= 11 is 0. The number of carbonyl (C=O) groups is 2. The molecule has 0 spiro atoms. The number of aldehydes is 2. The van der Waals surface area contributed by atoms with Crippen molar-refractivity contribution in [2.75, 3.05) is 27.3 Å². The van der Waals surface area contributed by atoms with Gasteiger partial charge in [-0.15, -0.1) is 0 Å². The molecule has 2 rings (SSSR count). The van der Waals surface area contributed by atoms with Crippen molar-refractivity contribution in [3.63, 3.8) is 0 Å². The molecule has 7 heteroatoms. The van der Waals surface area contributed by atoms with Gasteiger partial charge < -0.3 is 20.1 Å². The van der Waals surface area contributed by atoms with Crippen LogP contribution >= 0.6 is 0 Å². The number of para-hydroxylation sites is 1. The second-order valence-electron chi connectivity index (χ2n) is 6.60. The first-order valence-electron chi connectivity index (χ1n) is 9.26. The van der Waals surface area contributed by atoms with E-state index in [1.165, 1.54) is 31.4 Å². The summed E-state index contributed by atoms with van der Waals surface area (Å²) in [6.45, 7) is 0.613. The molecule has 2 aromatic rings. The van der Waals surface area contributed by atoms with Crippen molar-refractivity contribution < 1.29 is 29.6 Å². The molecule has 0 amide bonds. The van der Waals surface area contributed by atoms with Crippen molar-refractivity contribution in [1.29, 1.82) is 0 Å². The Morgan fingerprint density at radius 1 is 1.10 bits per heavy atom. The van der Waals surface area contributed by atoms with Crippen LogP contribution in [0.15, 0.2) is 48.0 Å². The minimum absolute atomic E-state index is 0.00806. The van der Waals surface area contributed by atoms with Crippen LogP contribution in [0.4, 0.5) is 0 Å². The van der Waals surface area contributed by atoms with Crippen LogP contribution in [-0.4, -0.2) is 60.1 Å². The third-order valence-corrected chi connectivity index (χ3v) is 4.56. The Bertz CT molecular complexity index is 964. The molecule has 2 aromatic carbocycles. The normalized spacial score (nSPS) is 12.1. The summed E-state index contributed by atoms with van der Waals surface area (Å²) in [5.74, 6) is 0.285. The zero-order valence-electron chi connectivity index (χ0n) is 16.9. The van der Waals surface area contributed by atoms with E-state index >= 15 is 0 Å². The molecule has 0 aliphatic rings. The quantitative estimate of drug-likeness (QED) is 0.313. The van der Waals surface area contributed by atoms with Crippen LogP contribution in [0.1, 0.15) is 16.7 Å². The number of phenols is 2. The Morgan fingerprint density at radius 3 is 2.43 bits per heavy atom. The SMILES string of the molecule is COc1c(C(=C\C=O)/C(C=O)=C/c2ccccc2O)ccc(O)c1CN(C)CCO. The number of nitrogens with zero attached hydrogens (tertiary/aromatic N) is 1. The molecule has 0 bridgehead atoms. The van der Waals surface area contributed by atoms with Crippen molar-refractivity contribution in [2.24, 2.45) is 0 Å². The molecule has 0 aliphatic heterocycles. The second kappa shape index (κ2) is 10.9. The van der Waals surface area contributed by atoms with Crippen LogP contribution in [0, 0.1) is 0 Å². The zero-order valence-corrected chi connectivity index (χ0v) is 16.9. The van der Waals surface area contributed by atoms with Gasteiger partial charge in [-0.25, -0.2) is 0 Å². The summed E-state index contributed by atoms with van der Waals surface area (Å²) in [7, 11) is 3.21. The Labute approximate surface area is 175 Å². The average Bonchev–Trinajstić information content (AvgIpc) is 2.73. The molecule has 0 saturated heterocycles. The van der Waals surface area contributed by atoms with E-state index in [1.807, 2.05) is 0 Å². The molecule has 0 heterocycles. The van der Waals surface area contributed by atoms with Gasteiger partial charge in [0.1, 0.15) is 23.5 Å². The predicted molar refractivity (Wildman–Crippen MR) is 114 cm³/mol. The molecular weight excluding hydrogens is 386 g/mol. The van der Waals surface area contributed by atoms with Crippen LogP contribution in [0.5, 0.6) is 17.2 Å². The van der Waals surface area contributed by atoms with Gasteiger partial charge >= 0.3 is 0 Å². The molecule has 7 nitrogen and oxygen atoms in total. The number of aliphatic hydroxyl groups is 1. The number of methoxy groups -OCH3 is 1. The highest BCUT2D eigenvalue weighted by Crippen LogP contribution is 2.39. The molecule has 0 aliphatic carbocycles. The number of phenolic OH excluding ortho intramolecular Hbond substituents is 2. The Morgan fingerprint density at radius 2 is 1.83 bits per heavy atom. The average molecular weight is 411 g/mol. The minimum Gasteiger partial charge on any atom is -0.507 e. The van der Waals surface area contributed by atoms with Gasteiger partial charge in [-0.1, -0.05) is 18.2 Å². The van der Waals surface area contributed by atoms with Gasteiger partial charge in [-0.2, -0.15) is 0 Å². The van der Waals surface area contributed by atoms with Crippen molar-refractivity contribution in [1.82, 2.24) is 4.90 Å². The molecule has 0 unspecified atom stereocenters. The van der Waals surface area contributed by atoms with Gasteiger partial charge in [0.2, 0.25) is 0 Å². The first-order valence-corrected chi connectivity index (χ1v) is 9.26. The van der Waals surface area contributed by atoms with E-state index in [4.69, 9.17) is 9.84 Å². The number of carbonyl (C=O) groups excluding carboxylic acids is 2. The first kappa shape index (κ1) is 22.9. The Kier molecular flexibility index (Phi) is 8.34. The molecule has 0 radical (unpaired) electrons. The third kappa shape index (κ3) is 5.34. The lowest BCUT2D eigenvalue weighted by molar-refractivity contribution is -0.104. The highest BCUT2D eigenvalue weighted by Gasteiger charge is 2.20. The zero-order chi connectivity index (χ0) is 22.1. The van der Waals surface area contributed by atoms with Crippen molar-refractivity contribution in [2.45, 2.75) is 6.54 Å². The van der Waals surface area contributed by atoms with Crippen molar-refractivity contribution in [3.8, 4) is 17.2 Å². The van der Waals surface area contributed by atoms with E-state index in [0.717, 1.165) is 0 Å². The lowest BCUT2D eigenvalue weighted by atomic mass is 9.93. The van der Waals surface area contributed by atoms with Gasteiger partial charge in [-0.3, -0.25) is 14.5 Å². The monoisotopic (exact) mass is 411 g/mol. The summed E-state index contributed by atoms with van der Waals surface area (Å²) in [5.41, 5.74) is 1.74. The third-order valence-electron chi connectivity index (χ3n) is 4.56. The first-order chi connectivity index (χ1) is 14.5. The molecule has 0 fully saturated rings. The Hall–Kier alpha value is -3.42. The fourth-order valence-corrected chi connectivity index (χ4v) is 3.10. The number of aliphatic hydroxyl groups excluding tert-OH is 1. The number of hydrogen-bond donors (Lipinski definition) is 3. The minimum atomic E-state index is -0.0475. The lowest BCUT2D eigenvalue weighted by Gasteiger charge is -2.21. The van der Waals surface area contributed by atoms with E-state index in [9.17, 15) is 19.8 Å². The maximum Gasteiger partial charge on any atom is 0.150 e. The number of hydrogen-bond acceptors (Lipinski definition) is 7. The maximum absolute atomic E-state index is 11.9. The van der Waals surface area contributed by atoms with Crippen LogP contribution in [0.3, 0.4) is 0 Å². The lowest BCUT2D eigenvalue weighted by Crippen LogP contribution is -2.22. The van der Waals surface area contributed by atoms with E-state index < -0.39 is 0 Å². The number of allylic oxidation sites excluding steroid dienone is 3. The largest absolute Gasteiger partial charge is 0.507 e. The number of ether oxygens (including phenoxy) is 1. The number of benzene rings is 2. The summed E-state index contributed by atoms with van der Waals surface area (Å²) < 4.78 is 5.53. The number of likely N-dealkylation sites (N-methyl/N-ethyl adjacent to an activating group) is 1. The smallest absolute Gasteiger partial charge is 0.150 e. The predicted octanol–water partition coefficient (Wildman–Crippen LogP) is 2.40. The standard InChI is InChI=1S/C23H25NO6/c1-24(10-12-26)14-20-22(29)8-7-19(23(20)30-2)18(9-11-25)17(15-27)13-16-5-3-4-6-21(16)28/h3-9,11,13,15,26,28-29H,10,12,14H2,1-2H3/b17-13+,18-9-. The van der Waals surface area contributed by atoms with Crippen LogP contribution < -0.4 is 4.74 Å².